The maximum absolute atomic E-state index is 10.7. The molecule has 0 unspecified atom stereocenters. The molecule has 1 aromatic rings. The van der Waals surface area contributed by atoms with E-state index in [0.717, 1.165) is 5.56 Å². The maximum Gasteiger partial charge on any atom is 1.00 e. The van der Waals surface area contributed by atoms with Crippen LogP contribution in [0.3, 0.4) is 0 Å². The van der Waals surface area contributed by atoms with E-state index in [1.54, 1.807) is 0 Å². The number of benzene rings is 1. The van der Waals surface area contributed by atoms with Gasteiger partial charge >= 0.3 is 109 Å². The number of rotatable bonds is 4. The first kappa shape index (κ1) is 29.0. The van der Waals surface area contributed by atoms with Crippen LogP contribution in [0.4, 0.5) is 0 Å². The number of alkyl halides is 1. The Morgan fingerprint density at radius 2 is 1.79 bits per heavy atom. The predicted molar refractivity (Wildman–Crippen MR) is 65.0 cm³/mol. The molecule has 0 amide bonds. The molecule has 0 aromatic heterocycles. The van der Waals surface area contributed by atoms with Crippen molar-refractivity contribution in [1.29, 1.82) is 0 Å². The van der Waals surface area contributed by atoms with Crippen LogP contribution in [0.1, 0.15) is 14.4 Å². The fraction of sp³-hybridized carbons (Fsp3) is 0.273. The Labute approximate surface area is 208 Å². The van der Waals surface area contributed by atoms with Crippen molar-refractivity contribution in [1.82, 2.24) is 0 Å². The molecule has 98 valence electrons. The van der Waals surface area contributed by atoms with Gasteiger partial charge in [0, 0.05) is 0 Å². The molecule has 0 N–H and O–H groups in total. The Kier molecular flexibility index (Phi) is 33.8. The third kappa shape index (κ3) is 19.9. The topological polar surface area (TPSA) is 75.7 Å². The molecule has 0 aliphatic heterocycles. The second kappa shape index (κ2) is 22.2. The van der Waals surface area contributed by atoms with Gasteiger partial charge in [0.05, 0.1) is 0 Å². The second-order valence-electron chi connectivity index (χ2n) is 2.47. The summed E-state index contributed by atoms with van der Waals surface area (Å²) < 4.78 is 4.89. The summed E-state index contributed by atoms with van der Waals surface area (Å²) in [6.07, 6.45) is 0. The summed E-state index contributed by atoms with van der Waals surface area (Å²) in [5.41, 5.74) is 1.01. The summed E-state index contributed by atoms with van der Waals surface area (Å²) >= 11 is 3.01. The summed E-state index contributed by atoms with van der Waals surface area (Å²) in [6.45, 7) is 0.172. The second-order valence-corrected chi connectivity index (χ2v) is 3.03. The van der Waals surface area contributed by atoms with E-state index in [4.69, 9.17) is 14.8 Å². The van der Waals surface area contributed by atoms with E-state index < -0.39 is 0 Å². The Bertz CT molecular complexity index is 317. The van der Waals surface area contributed by atoms with Gasteiger partial charge in [-0.3, -0.25) is 9.59 Å². The van der Waals surface area contributed by atoms with E-state index >= 15 is 0 Å². The number of esters is 1. The van der Waals surface area contributed by atoms with Gasteiger partial charge in [0.1, 0.15) is 11.9 Å². The molecule has 1 rings (SSSR count). The molecule has 8 heteroatoms. The minimum atomic E-state index is -0.237. The molecule has 0 bridgehead atoms. The van der Waals surface area contributed by atoms with E-state index in [-0.39, 0.29) is 129 Å². The fourth-order valence-corrected chi connectivity index (χ4v) is 0.939. The van der Waals surface area contributed by atoms with Gasteiger partial charge in [0.2, 0.25) is 0 Å². The van der Waals surface area contributed by atoms with Crippen molar-refractivity contribution in [3.05, 3.63) is 35.9 Å². The van der Waals surface area contributed by atoms with Crippen LogP contribution in [-0.2, 0) is 25.8 Å². The number of hydrogen-bond donors (Lipinski definition) is 0. The molecule has 0 saturated carbocycles. The van der Waals surface area contributed by atoms with Crippen molar-refractivity contribution in [2.24, 2.45) is 0 Å². The third-order valence-electron chi connectivity index (χ3n) is 1.39. The Morgan fingerprint density at radius 3 is 2.16 bits per heavy atom. The zero-order valence-corrected chi connectivity index (χ0v) is 18.1. The van der Waals surface area contributed by atoms with E-state index in [9.17, 15) is 4.79 Å². The number of carbonyl (C=O) groups excluding carboxylic acids is 2. The van der Waals surface area contributed by atoms with Gasteiger partial charge in [-0.2, -0.15) is 0 Å². The summed E-state index contributed by atoms with van der Waals surface area (Å²) in [6, 6.07) is 9.59. The quantitative estimate of drug-likeness (QED) is 0.130. The van der Waals surface area contributed by atoms with E-state index in [2.05, 4.69) is 20.8 Å². The number of carbonyl (C=O) groups is 2. The molecule has 0 aliphatic rings. The summed E-state index contributed by atoms with van der Waals surface area (Å²) in [5.74, 6) is -0.237. The molecule has 0 heterocycles. The van der Waals surface area contributed by atoms with Crippen LogP contribution in [0.5, 0.6) is 0 Å². The molecule has 19 heavy (non-hydrogen) atoms. The molecule has 1 aromatic carbocycles. The van der Waals surface area contributed by atoms with E-state index in [1.165, 1.54) is 0 Å². The summed E-state index contributed by atoms with van der Waals surface area (Å²) in [7, 11) is 0. The summed E-state index contributed by atoms with van der Waals surface area (Å²) in [5, 5.41) is 8.68. The zero-order valence-electron chi connectivity index (χ0n) is 11.3. The first-order chi connectivity index (χ1) is 7.74. The van der Waals surface area contributed by atoms with Crippen molar-refractivity contribution < 1.29 is 129 Å². The van der Waals surface area contributed by atoms with Gasteiger partial charge in [-0.25, -0.2) is 0 Å². The zero-order chi connectivity index (χ0) is 12.2. The smallest absolute Gasteiger partial charge is 1.00 e. The van der Waals surface area contributed by atoms with Gasteiger partial charge in [-0.15, -0.1) is 0 Å². The summed E-state index contributed by atoms with van der Waals surface area (Å²) in [4.78, 5) is 22.0. The third-order valence-corrected chi connectivity index (χ3v) is 1.85. The SMILES string of the molecule is C.O=C(CBr)OCc1ccccc1.O=CO[O-].[H-].[K+].[K+]. The Hall–Kier alpha value is 1.87. The van der Waals surface area contributed by atoms with Crippen LogP contribution >= 0.6 is 15.9 Å². The minimum absolute atomic E-state index is 0. The van der Waals surface area contributed by atoms with Crippen LogP contribution in [0, 0.1) is 0 Å². The van der Waals surface area contributed by atoms with Gasteiger partial charge in [-0.1, -0.05) is 53.7 Å². The number of ether oxygens (including phenoxy) is 1. The molecule has 0 atom stereocenters. The number of halogens is 1. The van der Waals surface area contributed by atoms with Crippen molar-refractivity contribution in [3.63, 3.8) is 0 Å². The van der Waals surface area contributed by atoms with E-state index in [0.29, 0.717) is 6.61 Å². The van der Waals surface area contributed by atoms with Gasteiger partial charge < -0.3 is 16.3 Å². The maximum atomic E-state index is 10.7. The fourth-order valence-electron chi connectivity index (χ4n) is 0.777. The molecule has 0 radical (unpaired) electrons. The van der Waals surface area contributed by atoms with Crippen LogP contribution in [-0.4, -0.2) is 17.8 Å². The van der Waals surface area contributed by atoms with Gasteiger partial charge in [-0.05, 0) is 5.56 Å². The standard InChI is InChI=1S/C9H9BrO2.CH2O3.CH4.2K.H/c10-6-9(11)12-7-8-4-2-1-3-5-8;2-1-4-3;;;;/h1-5H,6-7H2;1,3H;1H4;;;/q;;;2*+1;-1/p-1. The first-order valence-electron chi connectivity index (χ1n) is 4.22. The van der Waals surface area contributed by atoms with Crippen LogP contribution in [0.2, 0.25) is 0 Å². The first-order valence-corrected chi connectivity index (χ1v) is 5.34. The minimum Gasteiger partial charge on any atom is -1.00 e. The molecular weight excluding hydrogens is 370 g/mol. The van der Waals surface area contributed by atoms with Crippen molar-refractivity contribution in [2.75, 3.05) is 5.33 Å². The molecular formula is C11H15BrK2O5. The number of hydrogen-bond acceptors (Lipinski definition) is 5. The molecule has 0 fully saturated rings. The van der Waals surface area contributed by atoms with Crippen molar-refractivity contribution in [2.45, 2.75) is 14.0 Å². The monoisotopic (exact) mass is 384 g/mol. The van der Waals surface area contributed by atoms with Gasteiger partial charge in [0.25, 0.3) is 6.47 Å². The largest absolute Gasteiger partial charge is 1.00 e. The van der Waals surface area contributed by atoms with Crippen LogP contribution < -0.4 is 108 Å². The average Bonchev–Trinajstić information content (AvgIpc) is 2.37. The van der Waals surface area contributed by atoms with E-state index in [1.807, 2.05) is 30.3 Å². The molecule has 0 aliphatic carbocycles. The Morgan fingerprint density at radius 1 is 1.32 bits per heavy atom. The Balaban J connectivity index is -0.0000000844. The molecule has 0 saturated heterocycles. The van der Waals surface area contributed by atoms with Crippen LogP contribution in [0.15, 0.2) is 30.3 Å². The van der Waals surface area contributed by atoms with Crippen molar-refractivity contribution >= 4 is 28.4 Å². The van der Waals surface area contributed by atoms with Gasteiger partial charge in [0.15, 0.2) is 0 Å². The average molecular weight is 385 g/mol. The molecule has 0 spiro atoms. The van der Waals surface area contributed by atoms with Crippen molar-refractivity contribution in [3.8, 4) is 0 Å². The van der Waals surface area contributed by atoms with Crippen LogP contribution in [0.25, 0.3) is 0 Å². The molecule has 5 nitrogen and oxygen atoms in total. The normalized spacial score (nSPS) is 7.05. The predicted octanol–water partition coefficient (Wildman–Crippen LogP) is -4.68.